The van der Waals surface area contributed by atoms with E-state index in [1.807, 2.05) is 6.07 Å². The van der Waals surface area contributed by atoms with E-state index in [0.29, 0.717) is 16.4 Å². The van der Waals surface area contributed by atoms with Gasteiger partial charge in [-0.25, -0.2) is 0 Å². The maximum atomic E-state index is 11.1. The van der Waals surface area contributed by atoms with Crippen molar-refractivity contribution in [2.24, 2.45) is 0 Å². The molecule has 21 heavy (non-hydrogen) atoms. The lowest BCUT2D eigenvalue weighted by molar-refractivity contribution is -0.0982. The molecule has 0 aliphatic carbocycles. The maximum Gasteiger partial charge on any atom is 0.492 e. The highest BCUT2D eigenvalue weighted by Crippen LogP contribution is 2.26. The summed E-state index contributed by atoms with van der Waals surface area (Å²) in [4.78, 5) is 14.1. The molecule has 0 radical (unpaired) electrons. The molecule has 112 valence electrons. The van der Waals surface area contributed by atoms with Crippen molar-refractivity contribution in [1.29, 1.82) is 0 Å². The fourth-order valence-electron chi connectivity index (χ4n) is 2.03. The first-order valence-corrected chi connectivity index (χ1v) is 6.81. The van der Waals surface area contributed by atoms with Gasteiger partial charge in [0.25, 0.3) is 0 Å². The summed E-state index contributed by atoms with van der Waals surface area (Å²) >= 11 is 0. The van der Waals surface area contributed by atoms with E-state index in [4.69, 9.17) is 4.65 Å². The molecule has 1 aromatic carbocycles. The molecule has 0 fully saturated rings. The highest BCUT2D eigenvalue weighted by molar-refractivity contribution is 6.63. The Bertz CT molecular complexity index is 657. The quantitative estimate of drug-likeness (QED) is 0.571. The van der Waals surface area contributed by atoms with Crippen molar-refractivity contribution in [3.8, 4) is 0 Å². The van der Waals surface area contributed by atoms with Crippen LogP contribution in [0.25, 0.3) is 10.9 Å². The molecule has 6 heteroatoms. The molecule has 0 aliphatic rings. The summed E-state index contributed by atoms with van der Waals surface area (Å²) in [5.74, 6) is 0. The van der Waals surface area contributed by atoms with Crippen molar-refractivity contribution in [2.75, 3.05) is 0 Å². The third-order valence-electron chi connectivity index (χ3n) is 4.04. The number of H-pyrrole nitrogens is 1. The van der Waals surface area contributed by atoms with Crippen LogP contribution < -0.4 is 5.46 Å². The Morgan fingerprint density at radius 1 is 1.29 bits per heavy atom. The molecule has 0 saturated carbocycles. The van der Waals surface area contributed by atoms with Gasteiger partial charge in [-0.05, 0) is 39.2 Å². The van der Waals surface area contributed by atoms with Crippen LogP contribution in [0.5, 0.6) is 0 Å². The van der Waals surface area contributed by atoms with E-state index in [9.17, 15) is 14.9 Å². The first kappa shape index (κ1) is 15.8. The van der Waals surface area contributed by atoms with Gasteiger partial charge in [-0.2, -0.15) is 0 Å². The highest BCUT2D eigenvalue weighted by Gasteiger charge is 2.40. The van der Waals surface area contributed by atoms with Crippen LogP contribution in [0.1, 0.15) is 38.1 Å². The Balaban J connectivity index is 2.42. The van der Waals surface area contributed by atoms with Crippen molar-refractivity contribution < 1.29 is 19.6 Å². The SMILES string of the molecule is CC(C)(O)C(C)(C)OB(O)c1cccc2[nH]cc(C=O)c12. The minimum atomic E-state index is -1.25. The predicted octanol–water partition coefficient (Wildman–Crippen LogP) is 1.23. The van der Waals surface area contributed by atoms with Crippen LogP contribution in [-0.4, -0.2) is 39.7 Å². The van der Waals surface area contributed by atoms with E-state index in [1.165, 1.54) is 0 Å². The predicted molar refractivity (Wildman–Crippen MR) is 82.8 cm³/mol. The Morgan fingerprint density at radius 3 is 2.52 bits per heavy atom. The zero-order valence-corrected chi connectivity index (χ0v) is 12.7. The smallest absolute Gasteiger partial charge is 0.423 e. The van der Waals surface area contributed by atoms with Crippen molar-refractivity contribution in [3.05, 3.63) is 30.0 Å². The summed E-state index contributed by atoms with van der Waals surface area (Å²) in [5, 5.41) is 21.1. The average molecular weight is 289 g/mol. The van der Waals surface area contributed by atoms with Gasteiger partial charge in [-0.15, -0.1) is 0 Å². The van der Waals surface area contributed by atoms with Gasteiger partial charge in [0.15, 0.2) is 6.29 Å². The lowest BCUT2D eigenvalue weighted by atomic mass is 9.74. The summed E-state index contributed by atoms with van der Waals surface area (Å²) in [6.45, 7) is 6.64. The van der Waals surface area contributed by atoms with E-state index in [-0.39, 0.29) is 0 Å². The fourth-order valence-corrected chi connectivity index (χ4v) is 2.03. The normalized spacial score (nSPS) is 12.7. The number of nitrogens with one attached hydrogen (secondary N) is 1. The molecule has 1 heterocycles. The number of aromatic nitrogens is 1. The molecule has 0 aliphatic heterocycles. The molecule has 0 bridgehead atoms. The Labute approximate surface area is 124 Å². The lowest BCUT2D eigenvalue weighted by Crippen LogP contribution is -2.53. The van der Waals surface area contributed by atoms with Gasteiger partial charge in [-0.1, -0.05) is 12.1 Å². The number of aromatic amines is 1. The summed E-state index contributed by atoms with van der Waals surface area (Å²) in [6.07, 6.45) is 2.32. The largest absolute Gasteiger partial charge is 0.492 e. The Hall–Kier alpha value is -1.63. The zero-order chi connectivity index (χ0) is 15.8. The highest BCUT2D eigenvalue weighted by atomic mass is 16.5. The van der Waals surface area contributed by atoms with Gasteiger partial charge in [0.1, 0.15) is 0 Å². The zero-order valence-electron chi connectivity index (χ0n) is 12.7. The summed E-state index contributed by atoms with van der Waals surface area (Å²) in [6, 6.07) is 5.29. The van der Waals surface area contributed by atoms with Crippen LogP contribution in [0, 0.1) is 0 Å². The number of fused-ring (bicyclic) bond motifs is 1. The molecule has 0 saturated heterocycles. The molecule has 0 atom stereocenters. The number of hydrogen-bond donors (Lipinski definition) is 3. The van der Waals surface area contributed by atoms with E-state index in [0.717, 1.165) is 11.8 Å². The van der Waals surface area contributed by atoms with Crippen LogP contribution in [0.15, 0.2) is 24.4 Å². The summed E-state index contributed by atoms with van der Waals surface area (Å²) in [7, 11) is -1.25. The first-order chi connectivity index (χ1) is 9.67. The summed E-state index contributed by atoms with van der Waals surface area (Å²) in [5.41, 5.74) is -0.393. The van der Waals surface area contributed by atoms with E-state index >= 15 is 0 Å². The average Bonchev–Trinajstić information content (AvgIpc) is 2.79. The monoisotopic (exact) mass is 289 g/mol. The second kappa shape index (κ2) is 5.29. The Kier molecular flexibility index (Phi) is 3.97. The number of aldehydes is 1. The van der Waals surface area contributed by atoms with Crippen LogP contribution in [-0.2, 0) is 4.65 Å². The number of carbonyl (C=O) groups excluding carboxylic acids is 1. The van der Waals surface area contributed by atoms with E-state index in [2.05, 4.69) is 4.98 Å². The standard InChI is InChI=1S/C15H20BNO4/c1-14(2,19)15(3,4)21-16(20)11-6-5-7-12-13(11)10(9-18)8-17-12/h5-9,17,19-20H,1-4H3. The molecule has 0 spiro atoms. The van der Waals surface area contributed by atoms with Gasteiger partial charge in [0.05, 0.1) is 11.2 Å². The first-order valence-electron chi connectivity index (χ1n) is 6.81. The van der Waals surface area contributed by atoms with E-state index < -0.39 is 18.3 Å². The molecular weight excluding hydrogens is 269 g/mol. The van der Waals surface area contributed by atoms with Crippen LogP contribution in [0.3, 0.4) is 0 Å². The third-order valence-corrected chi connectivity index (χ3v) is 4.04. The van der Waals surface area contributed by atoms with Crippen molar-refractivity contribution in [1.82, 2.24) is 4.98 Å². The second-order valence-corrected chi connectivity index (χ2v) is 6.17. The molecule has 2 aromatic rings. The molecule has 3 N–H and O–H groups in total. The van der Waals surface area contributed by atoms with Crippen LogP contribution >= 0.6 is 0 Å². The minimum absolute atomic E-state index is 0.462. The molecule has 0 amide bonds. The number of carbonyl (C=O) groups is 1. The van der Waals surface area contributed by atoms with E-state index in [1.54, 1.807) is 46.0 Å². The van der Waals surface area contributed by atoms with Crippen molar-refractivity contribution in [3.63, 3.8) is 0 Å². The van der Waals surface area contributed by atoms with Crippen LogP contribution in [0.4, 0.5) is 0 Å². The molecular formula is C15H20BNO4. The summed E-state index contributed by atoms with van der Waals surface area (Å²) < 4.78 is 5.64. The minimum Gasteiger partial charge on any atom is -0.423 e. The van der Waals surface area contributed by atoms with Gasteiger partial charge < -0.3 is 19.8 Å². The number of rotatable bonds is 5. The van der Waals surface area contributed by atoms with Gasteiger partial charge in [0.2, 0.25) is 0 Å². The van der Waals surface area contributed by atoms with Gasteiger partial charge in [-0.3, -0.25) is 4.79 Å². The fraction of sp³-hybridized carbons (Fsp3) is 0.400. The molecule has 1 aromatic heterocycles. The maximum absolute atomic E-state index is 11.1. The topological polar surface area (TPSA) is 82.5 Å². The Morgan fingerprint density at radius 2 is 1.95 bits per heavy atom. The number of aliphatic hydroxyl groups is 1. The third kappa shape index (κ3) is 2.88. The molecule has 5 nitrogen and oxygen atoms in total. The number of benzene rings is 1. The lowest BCUT2D eigenvalue weighted by Gasteiger charge is -2.38. The second-order valence-electron chi connectivity index (χ2n) is 6.17. The number of hydrogen-bond acceptors (Lipinski definition) is 4. The van der Waals surface area contributed by atoms with Gasteiger partial charge in [0, 0.05) is 22.7 Å². The molecule has 0 unspecified atom stereocenters. The van der Waals surface area contributed by atoms with Crippen LogP contribution in [0.2, 0.25) is 0 Å². The van der Waals surface area contributed by atoms with Crippen molar-refractivity contribution in [2.45, 2.75) is 38.9 Å². The van der Waals surface area contributed by atoms with Gasteiger partial charge >= 0.3 is 7.12 Å². The molecule has 2 rings (SSSR count). The van der Waals surface area contributed by atoms with Crippen molar-refractivity contribution >= 4 is 29.8 Å².